The number of alkyl halides is 3. The third-order valence-corrected chi connectivity index (χ3v) is 10.6. The summed E-state index contributed by atoms with van der Waals surface area (Å²) in [4.78, 5) is 52.4. The zero-order chi connectivity index (χ0) is 34.0. The average Bonchev–Trinajstić information content (AvgIpc) is 3.56. The van der Waals surface area contributed by atoms with Crippen molar-refractivity contribution in [3.05, 3.63) is 69.7 Å². The van der Waals surface area contributed by atoms with Crippen LogP contribution in [0, 0.1) is 5.92 Å². The van der Waals surface area contributed by atoms with E-state index in [2.05, 4.69) is 15.2 Å². The van der Waals surface area contributed by atoms with Crippen molar-refractivity contribution in [3.8, 4) is 0 Å². The number of urea groups is 1. The number of benzene rings is 2. The first-order valence-electron chi connectivity index (χ1n) is 16.0. The maximum absolute atomic E-state index is 14.0. The van der Waals surface area contributed by atoms with Crippen LogP contribution in [0.1, 0.15) is 36.0 Å². The normalized spacial score (nSPS) is 18.3. The second-order valence-electron chi connectivity index (χ2n) is 12.4. The Balaban J connectivity index is 1.13. The van der Waals surface area contributed by atoms with Gasteiger partial charge in [-0.05, 0) is 55.0 Å². The highest BCUT2D eigenvalue weighted by Gasteiger charge is 2.37. The molecule has 2 aromatic carbocycles. The number of carbonyl (C=O) groups excluding carboxylic acids is 3. The Morgan fingerprint density at radius 3 is 2.46 bits per heavy atom. The smallest absolute Gasteiger partial charge is 0.397 e. The lowest BCUT2D eigenvalue weighted by molar-refractivity contribution is -0.142. The molecule has 3 N–H and O–H groups in total. The third kappa shape index (κ3) is 7.49. The largest absolute Gasteiger partial charge is 0.418 e. The van der Waals surface area contributed by atoms with Crippen LogP contribution in [0.4, 0.5) is 34.5 Å². The van der Waals surface area contributed by atoms with Crippen LogP contribution in [-0.4, -0.2) is 89.4 Å². The highest BCUT2D eigenvalue weighted by atomic mass is 35.5. The number of halogens is 4. The number of anilines is 3. The number of nitrogens with zero attached hydrogens (tertiary/aromatic N) is 5. The molecular formula is C33H37ClF3N7O3S. The average molecular weight is 704 g/mol. The monoisotopic (exact) mass is 703 g/mol. The molecule has 3 aliphatic rings. The van der Waals surface area contributed by atoms with Gasteiger partial charge in [0.15, 0.2) is 5.13 Å². The number of piperidine rings is 1. The Labute approximate surface area is 285 Å². The Morgan fingerprint density at radius 2 is 1.77 bits per heavy atom. The van der Waals surface area contributed by atoms with E-state index in [1.807, 2.05) is 34.5 Å². The summed E-state index contributed by atoms with van der Waals surface area (Å²) in [6, 6.07) is 9.77. The van der Waals surface area contributed by atoms with E-state index in [0.29, 0.717) is 58.7 Å². The summed E-state index contributed by atoms with van der Waals surface area (Å²) in [7, 11) is 0. The van der Waals surface area contributed by atoms with Gasteiger partial charge in [0.2, 0.25) is 11.8 Å². The van der Waals surface area contributed by atoms with Crippen molar-refractivity contribution in [2.24, 2.45) is 5.92 Å². The molecule has 256 valence electrons. The molecule has 2 fully saturated rings. The summed E-state index contributed by atoms with van der Waals surface area (Å²) < 4.78 is 41.3. The molecule has 0 spiro atoms. The summed E-state index contributed by atoms with van der Waals surface area (Å²) in [5, 5.41) is 5.48. The van der Waals surface area contributed by atoms with Gasteiger partial charge in [0.05, 0.1) is 22.2 Å². The predicted octanol–water partition coefficient (Wildman–Crippen LogP) is 5.38. The van der Waals surface area contributed by atoms with Crippen LogP contribution >= 0.6 is 22.9 Å². The third-order valence-electron chi connectivity index (χ3n) is 9.43. The van der Waals surface area contributed by atoms with Crippen molar-refractivity contribution in [2.75, 3.05) is 61.8 Å². The lowest BCUT2D eigenvalue weighted by Gasteiger charge is -2.39. The molecule has 0 saturated carbocycles. The Kier molecular flexibility index (Phi) is 10.0. The molecule has 10 nitrogen and oxygen atoms in total. The van der Waals surface area contributed by atoms with Crippen LogP contribution in [0.15, 0.2) is 48.0 Å². The fraction of sp³-hybridized carbons (Fsp3) is 0.455. The Morgan fingerprint density at radius 1 is 1.04 bits per heavy atom. The zero-order valence-corrected chi connectivity index (χ0v) is 27.8. The van der Waals surface area contributed by atoms with E-state index < -0.39 is 23.3 Å². The van der Waals surface area contributed by atoms with Crippen LogP contribution in [0.3, 0.4) is 0 Å². The molecule has 15 heteroatoms. The van der Waals surface area contributed by atoms with Crippen LogP contribution in [0.2, 0.25) is 5.02 Å². The number of hydrogen-bond donors (Lipinski definition) is 2. The Bertz CT molecular complexity index is 1640. The molecule has 48 heavy (non-hydrogen) atoms. The van der Waals surface area contributed by atoms with E-state index in [-0.39, 0.29) is 47.3 Å². The van der Waals surface area contributed by atoms with Crippen molar-refractivity contribution >= 4 is 57.3 Å². The van der Waals surface area contributed by atoms with E-state index in [4.69, 9.17) is 17.3 Å². The van der Waals surface area contributed by atoms with Crippen LogP contribution < -0.4 is 16.0 Å². The van der Waals surface area contributed by atoms with Gasteiger partial charge in [-0.25, -0.2) is 9.78 Å². The lowest BCUT2D eigenvalue weighted by Crippen LogP contribution is -2.52. The number of aromatic nitrogens is 1. The second-order valence-corrected chi connectivity index (χ2v) is 13.7. The second kappa shape index (κ2) is 14.2. The van der Waals surface area contributed by atoms with Gasteiger partial charge in [-0.1, -0.05) is 29.8 Å². The lowest BCUT2D eigenvalue weighted by atomic mass is 9.92. The van der Waals surface area contributed by atoms with Crippen molar-refractivity contribution in [2.45, 2.75) is 44.3 Å². The number of nitrogens with two attached hydrogens (primary N) is 1. The first-order chi connectivity index (χ1) is 23.0. The first kappa shape index (κ1) is 33.8. The van der Waals surface area contributed by atoms with Crippen molar-refractivity contribution in [1.29, 1.82) is 0 Å². The summed E-state index contributed by atoms with van der Waals surface area (Å²) >= 11 is 7.62. The number of likely N-dealkylation sites (tertiary alicyclic amines) is 1. The van der Waals surface area contributed by atoms with Gasteiger partial charge < -0.3 is 30.7 Å². The van der Waals surface area contributed by atoms with Crippen LogP contribution in [0.25, 0.3) is 0 Å². The minimum absolute atomic E-state index is 0.0485. The minimum Gasteiger partial charge on any atom is -0.397 e. The zero-order valence-electron chi connectivity index (χ0n) is 26.2. The molecule has 2 saturated heterocycles. The molecule has 0 bridgehead atoms. The topological polar surface area (TPSA) is 115 Å². The molecule has 1 aromatic heterocycles. The highest BCUT2D eigenvalue weighted by Crippen LogP contribution is 2.38. The molecule has 0 aliphatic carbocycles. The summed E-state index contributed by atoms with van der Waals surface area (Å²) in [5.41, 5.74) is 6.08. The van der Waals surface area contributed by atoms with E-state index in [0.717, 1.165) is 28.9 Å². The van der Waals surface area contributed by atoms with Gasteiger partial charge in [0, 0.05) is 75.5 Å². The number of amides is 4. The summed E-state index contributed by atoms with van der Waals surface area (Å²) in [6.45, 7) is 3.26. The fourth-order valence-corrected chi connectivity index (χ4v) is 7.75. The number of para-hydroxylation sites is 1. The van der Waals surface area contributed by atoms with Gasteiger partial charge >= 0.3 is 12.2 Å². The van der Waals surface area contributed by atoms with Gasteiger partial charge in [0.25, 0.3) is 0 Å². The molecule has 4 amide bonds. The molecule has 1 atom stereocenters. The minimum atomic E-state index is -4.73. The molecule has 1 unspecified atom stereocenters. The SMILES string of the molecule is Nc1c(Cl)cc(CC(CC(=O)N2CCC(N3CCc4ccccc4NC3=O)CC2)C(=O)N2CCN(c3nccs3)CC2)cc1C(F)(F)F. The van der Waals surface area contributed by atoms with Gasteiger partial charge in [-0.2, -0.15) is 13.2 Å². The van der Waals surface area contributed by atoms with E-state index in [1.165, 1.54) is 17.4 Å². The number of piperazine rings is 1. The summed E-state index contributed by atoms with van der Waals surface area (Å²) in [6.07, 6.45) is -1.41. The molecular weight excluding hydrogens is 667 g/mol. The van der Waals surface area contributed by atoms with Gasteiger partial charge in [0.1, 0.15) is 0 Å². The number of nitrogen functional groups attached to an aromatic ring is 1. The standard InChI is InChI=1S/C33H37ClF3N7O3S/c34-26-19-21(18-25(29(26)38)33(35,36)37)17-23(30(46)42-12-14-43(15-13-42)32-39-8-16-48-32)20-28(45)41-9-6-24(7-10-41)44-11-5-22-3-1-2-4-27(22)40-31(44)47/h1-4,8,16,18-19,23-24H,5-7,9-15,17,20,38H2,(H,40,47). The molecule has 4 heterocycles. The number of rotatable bonds is 7. The Hall–Kier alpha value is -4.04. The number of nitrogens with one attached hydrogen (secondary N) is 1. The maximum Gasteiger partial charge on any atom is 0.418 e. The van der Waals surface area contributed by atoms with Gasteiger partial charge in [-0.3, -0.25) is 9.59 Å². The number of carbonyl (C=O) groups is 3. The van der Waals surface area contributed by atoms with Crippen LogP contribution in [-0.2, 0) is 28.6 Å². The van der Waals surface area contributed by atoms with Crippen molar-refractivity contribution in [3.63, 3.8) is 0 Å². The number of hydrogen-bond acceptors (Lipinski definition) is 7. The van der Waals surface area contributed by atoms with Gasteiger partial charge in [-0.15, -0.1) is 11.3 Å². The molecule has 6 rings (SSSR count). The van der Waals surface area contributed by atoms with E-state index >= 15 is 0 Å². The van der Waals surface area contributed by atoms with Crippen molar-refractivity contribution in [1.82, 2.24) is 19.7 Å². The predicted molar refractivity (Wildman–Crippen MR) is 179 cm³/mol. The van der Waals surface area contributed by atoms with E-state index in [9.17, 15) is 27.6 Å². The maximum atomic E-state index is 14.0. The first-order valence-corrected chi connectivity index (χ1v) is 17.3. The fourth-order valence-electron chi connectivity index (χ4n) is 6.81. The van der Waals surface area contributed by atoms with E-state index in [1.54, 1.807) is 16.0 Å². The molecule has 3 aromatic rings. The quantitative estimate of drug-likeness (QED) is 0.320. The molecule has 3 aliphatic heterocycles. The number of fused-ring (bicyclic) bond motifs is 1. The van der Waals surface area contributed by atoms with Crippen molar-refractivity contribution < 1.29 is 27.6 Å². The molecule has 0 radical (unpaired) electrons. The van der Waals surface area contributed by atoms with Crippen LogP contribution in [0.5, 0.6) is 0 Å². The highest BCUT2D eigenvalue weighted by molar-refractivity contribution is 7.13. The number of thiazole rings is 1. The summed E-state index contributed by atoms with van der Waals surface area (Å²) in [5.74, 6) is -1.45.